The first kappa shape index (κ1) is 28.6. The molecule has 3 N–H and O–H groups in total. The molecule has 0 unspecified atom stereocenters. The summed E-state index contributed by atoms with van der Waals surface area (Å²) in [6.45, 7) is -1.35. The van der Waals surface area contributed by atoms with Gasteiger partial charge in [0.2, 0.25) is 11.5 Å². The van der Waals surface area contributed by atoms with Crippen molar-refractivity contribution < 1.29 is 49.4 Å². The summed E-state index contributed by atoms with van der Waals surface area (Å²) < 4.78 is 120. The predicted octanol–water partition coefficient (Wildman–Crippen LogP) is 5.57. The third kappa shape index (κ3) is 7.43. The monoisotopic (exact) mass is 534 g/mol. The number of halogens is 9. The van der Waals surface area contributed by atoms with Crippen molar-refractivity contribution in [3.63, 3.8) is 0 Å². The molecule has 0 spiro atoms. The summed E-state index contributed by atoms with van der Waals surface area (Å²) in [6, 6.07) is 4.76. The van der Waals surface area contributed by atoms with Gasteiger partial charge in [-0.1, -0.05) is 12.1 Å². The van der Waals surface area contributed by atoms with Crippen LogP contribution in [0.5, 0.6) is 0 Å². The van der Waals surface area contributed by atoms with Crippen molar-refractivity contribution in [1.82, 2.24) is 5.32 Å². The van der Waals surface area contributed by atoms with Gasteiger partial charge in [-0.2, -0.15) is 51.3 Å². The maximum absolute atomic E-state index is 13.8. The average Bonchev–Trinajstić information content (AvgIpc) is 2.74. The Balaban J connectivity index is 2.33. The average molecular weight is 534 g/mol. The van der Waals surface area contributed by atoms with Crippen molar-refractivity contribution in [2.24, 2.45) is 0 Å². The van der Waals surface area contributed by atoms with E-state index in [1.807, 2.05) is 0 Å². The fourth-order valence-electron chi connectivity index (χ4n) is 2.91. The molecule has 2 aromatic carbocycles. The van der Waals surface area contributed by atoms with Crippen LogP contribution in [-0.2, 0) is 29.3 Å². The zero-order valence-electron chi connectivity index (χ0n) is 17.8. The highest BCUT2D eigenvalue weighted by Crippen LogP contribution is 2.44. The molecule has 0 saturated heterocycles. The number of anilines is 1. The number of alkyl halides is 9. The second-order valence-electron chi connectivity index (χ2n) is 7.41. The Morgan fingerprint density at radius 1 is 0.857 bits per heavy atom. The van der Waals surface area contributed by atoms with Crippen LogP contribution in [0, 0.1) is 0 Å². The molecule has 1 atom stereocenters. The normalized spacial score (nSPS) is 14.4. The number of hydrogen-bond donors (Lipinski definition) is 3. The molecule has 0 aliphatic carbocycles. The number of rotatable bonds is 8. The van der Waals surface area contributed by atoms with E-state index in [1.165, 1.54) is 36.0 Å². The molecule has 0 aliphatic heterocycles. The van der Waals surface area contributed by atoms with Crippen LogP contribution in [-0.4, -0.2) is 35.7 Å². The van der Waals surface area contributed by atoms with Gasteiger partial charge in [0.15, 0.2) is 0 Å². The number of amides is 1. The lowest BCUT2D eigenvalue weighted by Crippen LogP contribution is -2.48. The zero-order chi connectivity index (χ0) is 26.7. The predicted molar refractivity (Wildman–Crippen MR) is 112 cm³/mol. The minimum Gasteiger partial charge on any atom is -0.381 e. The van der Waals surface area contributed by atoms with E-state index in [0.29, 0.717) is 5.56 Å². The standard InChI is InChI=1S/C21H19F9N2O2S/c1-35-10-17(33)31-9-12-2-4-16(5-3-12)32-11-18(34,21(28,29)30)13-6-14(19(22,23)24)8-15(7-13)20(25,26)27/h2-8,32,34H,9-11H2,1H3,(H,31,33)/t18-/m0/s1. The van der Waals surface area contributed by atoms with Crippen molar-refractivity contribution >= 4 is 23.4 Å². The van der Waals surface area contributed by atoms with E-state index in [0.717, 1.165) is 0 Å². The fourth-order valence-corrected chi connectivity index (χ4v) is 3.28. The van der Waals surface area contributed by atoms with Crippen LogP contribution in [0.4, 0.5) is 45.2 Å². The molecule has 4 nitrogen and oxygen atoms in total. The number of hydrogen-bond acceptors (Lipinski definition) is 4. The molecule has 0 saturated carbocycles. The van der Waals surface area contributed by atoms with Crippen molar-refractivity contribution in [3.05, 3.63) is 64.7 Å². The zero-order valence-corrected chi connectivity index (χ0v) is 18.6. The van der Waals surface area contributed by atoms with Crippen molar-refractivity contribution in [1.29, 1.82) is 0 Å². The summed E-state index contributed by atoms with van der Waals surface area (Å²) in [5.74, 6) is -0.0180. The smallest absolute Gasteiger partial charge is 0.381 e. The molecule has 1 amide bonds. The fraction of sp³-hybridized carbons (Fsp3) is 0.381. The second-order valence-corrected chi connectivity index (χ2v) is 8.28. The van der Waals surface area contributed by atoms with Gasteiger partial charge in [-0.25, -0.2) is 0 Å². The van der Waals surface area contributed by atoms with Crippen LogP contribution in [0.25, 0.3) is 0 Å². The first-order valence-electron chi connectivity index (χ1n) is 9.65. The minimum absolute atomic E-state index is 0.00474. The van der Waals surface area contributed by atoms with E-state index >= 15 is 0 Å². The topological polar surface area (TPSA) is 61.4 Å². The van der Waals surface area contributed by atoms with Gasteiger partial charge in [-0.15, -0.1) is 0 Å². The van der Waals surface area contributed by atoms with E-state index in [9.17, 15) is 49.4 Å². The SMILES string of the molecule is CSCC(=O)NCc1ccc(NC[C@](O)(c2cc(C(F)(F)F)cc(C(F)(F)F)c2)C(F)(F)F)cc1. The molecule has 0 aromatic heterocycles. The summed E-state index contributed by atoms with van der Waals surface area (Å²) in [4.78, 5) is 11.5. The minimum atomic E-state index is -5.63. The molecule has 0 bridgehead atoms. The van der Waals surface area contributed by atoms with Crippen molar-refractivity contribution in [2.45, 2.75) is 30.7 Å². The molecule has 0 heterocycles. The van der Waals surface area contributed by atoms with Crippen LogP contribution in [0.1, 0.15) is 22.3 Å². The second kappa shape index (κ2) is 10.6. The lowest BCUT2D eigenvalue weighted by Gasteiger charge is -2.32. The highest BCUT2D eigenvalue weighted by Gasteiger charge is 2.56. The Bertz CT molecular complexity index is 989. The summed E-state index contributed by atoms with van der Waals surface area (Å²) >= 11 is 1.30. The van der Waals surface area contributed by atoms with Crippen LogP contribution >= 0.6 is 11.8 Å². The number of nitrogens with one attached hydrogen (secondary N) is 2. The molecule has 14 heteroatoms. The first-order chi connectivity index (χ1) is 16.0. The largest absolute Gasteiger partial charge is 0.423 e. The van der Waals surface area contributed by atoms with Gasteiger partial charge >= 0.3 is 18.5 Å². The highest BCUT2D eigenvalue weighted by molar-refractivity contribution is 7.99. The lowest BCUT2D eigenvalue weighted by molar-refractivity contribution is -0.261. The van der Waals surface area contributed by atoms with Gasteiger partial charge in [0.05, 0.1) is 23.4 Å². The van der Waals surface area contributed by atoms with Crippen molar-refractivity contribution in [2.75, 3.05) is 23.9 Å². The van der Waals surface area contributed by atoms with E-state index in [4.69, 9.17) is 0 Å². The highest BCUT2D eigenvalue weighted by atomic mass is 32.2. The number of benzene rings is 2. The Hall–Kier alpha value is -2.61. The maximum Gasteiger partial charge on any atom is 0.423 e. The van der Waals surface area contributed by atoms with E-state index in [2.05, 4.69) is 10.6 Å². The third-order valence-electron chi connectivity index (χ3n) is 4.80. The third-order valence-corrected chi connectivity index (χ3v) is 5.35. The van der Waals surface area contributed by atoms with Crippen molar-refractivity contribution in [3.8, 4) is 0 Å². The number of carbonyl (C=O) groups is 1. The molecule has 194 valence electrons. The van der Waals surface area contributed by atoms with Gasteiger partial charge in [-0.05, 0) is 47.7 Å². The van der Waals surface area contributed by atoms with Gasteiger partial charge < -0.3 is 15.7 Å². The van der Waals surface area contributed by atoms with Crippen LogP contribution in [0.3, 0.4) is 0 Å². The van der Waals surface area contributed by atoms with Crippen LogP contribution < -0.4 is 10.6 Å². The Morgan fingerprint density at radius 2 is 1.34 bits per heavy atom. The van der Waals surface area contributed by atoms with Gasteiger partial charge in [0.25, 0.3) is 0 Å². The van der Waals surface area contributed by atoms with Gasteiger partial charge in [-0.3, -0.25) is 4.79 Å². The summed E-state index contributed by atoms with van der Waals surface area (Å²) in [7, 11) is 0. The number of thioether (sulfide) groups is 1. The molecular formula is C21H19F9N2O2S. The van der Waals surface area contributed by atoms with Gasteiger partial charge in [0.1, 0.15) is 0 Å². The summed E-state index contributed by atoms with van der Waals surface area (Å²) in [5, 5.41) is 15.1. The van der Waals surface area contributed by atoms with Crippen LogP contribution in [0.15, 0.2) is 42.5 Å². The number of aliphatic hydroxyl groups is 1. The Morgan fingerprint density at radius 3 is 1.77 bits per heavy atom. The van der Waals surface area contributed by atoms with E-state index in [-0.39, 0.29) is 42.1 Å². The van der Waals surface area contributed by atoms with E-state index in [1.54, 1.807) is 6.26 Å². The van der Waals surface area contributed by atoms with E-state index < -0.39 is 47.4 Å². The molecule has 2 rings (SSSR count). The lowest BCUT2D eigenvalue weighted by atomic mass is 9.89. The maximum atomic E-state index is 13.8. The molecule has 0 aliphatic rings. The molecule has 0 fully saturated rings. The molecule has 0 radical (unpaired) electrons. The Kier molecular flexibility index (Phi) is 8.64. The quantitative estimate of drug-likeness (QED) is 0.388. The molecular weight excluding hydrogens is 515 g/mol. The van der Waals surface area contributed by atoms with Crippen LogP contribution in [0.2, 0.25) is 0 Å². The summed E-state index contributed by atoms with van der Waals surface area (Å²) in [6.07, 6.45) is -14.7. The first-order valence-corrected chi connectivity index (χ1v) is 11.0. The Labute approximate surface area is 197 Å². The number of carbonyl (C=O) groups excluding carboxylic acids is 1. The van der Waals surface area contributed by atoms with Gasteiger partial charge in [0, 0.05) is 12.2 Å². The molecule has 35 heavy (non-hydrogen) atoms. The molecule has 2 aromatic rings. The summed E-state index contributed by atoms with van der Waals surface area (Å²) in [5.41, 5.74) is -9.11.